The molecule has 1 atom stereocenters. The van der Waals surface area contributed by atoms with Gasteiger partial charge in [0.25, 0.3) is 11.5 Å². The Morgan fingerprint density at radius 2 is 1.86 bits per heavy atom. The molecule has 29 heavy (non-hydrogen) atoms. The fourth-order valence-electron chi connectivity index (χ4n) is 3.32. The van der Waals surface area contributed by atoms with E-state index in [1.54, 1.807) is 25.1 Å². The number of carbonyl (C=O) groups is 1. The fraction of sp³-hybridized carbons (Fsp3) is 0.318. The molecule has 0 saturated heterocycles. The van der Waals surface area contributed by atoms with Crippen LogP contribution in [-0.2, 0) is 13.0 Å². The molecule has 0 saturated carbocycles. The van der Waals surface area contributed by atoms with Gasteiger partial charge >= 0.3 is 5.69 Å². The average Bonchev–Trinajstić information content (AvgIpc) is 2.71. The van der Waals surface area contributed by atoms with E-state index in [2.05, 4.69) is 27.3 Å². The van der Waals surface area contributed by atoms with E-state index < -0.39 is 5.69 Å². The van der Waals surface area contributed by atoms with E-state index in [0.29, 0.717) is 29.6 Å². The number of hydrogen-bond donors (Lipinski definition) is 2. The molecule has 0 radical (unpaired) electrons. The molecule has 3 aromatic rings. The molecule has 1 heterocycles. The molecule has 0 aliphatic heterocycles. The number of nitrogens with one attached hydrogen (secondary N) is 2. The van der Waals surface area contributed by atoms with Gasteiger partial charge in [0.15, 0.2) is 0 Å². The van der Waals surface area contributed by atoms with Crippen LogP contribution in [0.15, 0.2) is 58.1 Å². The zero-order valence-electron chi connectivity index (χ0n) is 16.9. The average molecular weight is 394 g/mol. The van der Waals surface area contributed by atoms with Crippen molar-refractivity contribution in [2.24, 2.45) is 0 Å². The zero-order chi connectivity index (χ0) is 21.0. The highest BCUT2D eigenvalue weighted by Gasteiger charge is 2.15. The second kappa shape index (κ2) is 8.87. The van der Waals surface area contributed by atoms with Gasteiger partial charge < -0.3 is 15.2 Å². The molecule has 7 heteroatoms. The first-order valence-electron chi connectivity index (χ1n) is 9.66. The van der Waals surface area contributed by atoms with Gasteiger partial charge in [-0.25, -0.2) is 4.79 Å². The highest BCUT2D eigenvalue weighted by atomic mass is 16.2. The Hall–Kier alpha value is -3.19. The first kappa shape index (κ1) is 20.5. The number of likely N-dealkylation sites (N-methyl/N-ethyl adjacent to an activating group) is 1. The summed E-state index contributed by atoms with van der Waals surface area (Å²) in [6, 6.07) is 15.0. The summed E-state index contributed by atoms with van der Waals surface area (Å²) in [5, 5.41) is 3.35. The second-order valence-electron chi connectivity index (χ2n) is 7.26. The third-order valence-electron chi connectivity index (χ3n) is 5.10. The number of aromatic nitrogens is 2. The lowest BCUT2D eigenvalue weighted by Gasteiger charge is -2.24. The molecular weight excluding hydrogens is 368 g/mol. The van der Waals surface area contributed by atoms with E-state index in [-0.39, 0.29) is 17.5 Å². The molecule has 0 aliphatic rings. The fourth-order valence-corrected chi connectivity index (χ4v) is 3.32. The molecule has 0 bridgehead atoms. The lowest BCUT2D eigenvalue weighted by molar-refractivity contribution is 0.0942. The molecule has 1 amide bonds. The molecule has 0 aliphatic carbocycles. The second-order valence-corrected chi connectivity index (χ2v) is 7.26. The Balaban J connectivity index is 1.76. The molecule has 1 aromatic heterocycles. The first-order chi connectivity index (χ1) is 13.9. The lowest BCUT2D eigenvalue weighted by Crippen LogP contribution is -2.41. The van der Waals surface area contributed by atoms with Crippen molar-refractivity contribution in [2.75, 3.05) is 20.6 Å². The van der Waals surface area contributed by atoms with Crippen LogP contribution in [-0.4, -0.2) is 47.0 Å². The summed E-state index contributed by atoms with van der Waals surface area (Å²) in [4.78, 5) is 41.8. The number of amides is 1. The van der Waals surface area contributed by atoms with Crippen LogP contribution in [0.25, 0.3) is 10.9 Å². The summed E-state index contributed by atoms with van der Waals surface area (Å²) in [6.45, 7) is 2.51. The molecule has 0 fully saturated rings. The molecular formula is C22H26N4O3. The minimum absolute atomic E-state index is 0.137. The van der Waals surface area contributed by atoms with Crippen molar-refractivity contribution in [3.63, 3.8) is 0 Å². The van der Waals surface area contributed by atoms with Gasteiger partial charge in [0.2, 0.25) is 0 Å². The number of fused-ring (bicyclic) bond motifs is 1. The van der Waals surface area contributed by atoms with E-state index >= 15 is 0 Å². The largest absolute Gasteiger partial charge is 0.350 e. The van der Waals surface area contributed by atoms with Gasteiger partial charge in [-0.1, -0.05) is 30.3 Å². The maximum absolute atomic E-state index is 12.7. The van der Waals surface area contributed by atoms with Crippen molar-refractivity contribution in [3.05, 3.63) is 80.5 Å². The van der Waals surface area contributed by atoms with Crippen LogP contribution in [0.4, 0.5) is 0 Å². The van der Waals surface area contributed by atoms with Gasteiger partial charge in [0, 0.05) is 24.7 Å². The van der Waals surface area contributed by atoms with Crippen LogP contribution in [0.1, 0.15) is 22.8 Å². The van der Waals surface area contributed by atoms with Crippen LogP contribution in [0.3, 0.4) is 0 Å². The summed E-state index contributed by atoms with van der Waals surface area (Å²) < 4.78 is 1.13. The number of nitrogens with zero attached hydrogens (tertiary/aromatic N) is 2. The Labute approximate surface area is 169 Å². The number of aromatic amines is 1. The highest BCUT2D eigenvalue weighted by Crippen LogP contribution is 2.10. The van der Waals surface area contributed by atoms with E-state index in [9.17, 15) is 14.4 Å². The van der Waals surface area contributed by atoms with Crippen molar-refractivity contribution < 1.29 is 4.79 Å². The van der Waals surface area contributed by atoms with Crippen molar-refractivity contribution in [1.82, 2.24) is 19.8 Å². The van der Waals surface area contributed by atoms with Gasteiger partial charge in [-0.05, 0) is 51.2 Å². The van der Waals surface area contributed by atoms with Crippen LogP contribution in [0.5, 0.6) is 0 Å². The quantitative estimate of drug-likeness (QED) is 0.637. The number of benzene rings is 2. The van der Waals surface area contributed by atoms with E-state index in [0.717, 1.165) is 11.0 Å². The van der Waals surface area contributed by atoms with Gasteiger partial charge in [-0.15, -0.1) is 0 Å². The van der Waals surface area contributed by atoms with Crippen LogP contribution in [0.2, 0.25) is 0 Å². The Morgan fingerprint density at radius 3 is 2.52 bits per heavy atom. The Morgan fingerprint density at radius 1 is 1.14 bits per heavy atom. The summed E-state index contributed by atoms with van der Waals surface area (Å²) >= 11 is 0. The van der Waals surface area contributed by atoms with Gasteiger partial charge in [0.05, 0.1) is 10.9 Å². The maximum Gasteiger partial charge on any atom is 0.328 e. The van der Waals surface area contributed by atoms with Crippen LogP contribution in [0, 0.1) is 0 Å². The highest BCUT2D eigenvalue weighted by molar-refractivity contribution is 5.97. The number of hydrogen-bond acceptors (Lipinski definition) is 4. The van der Waals surface area contributed by atoms with Crippen LogP contribution < -0.4 is 16.6 Å². The summed E-state index contributed by atoms with van der Waals surface area (Å²) in [5.41, 5.74) is 1.15. The third-order valence-corrected chi connectivity index (χ3v) is 5.10. The molecule has 0 spiro atoms. The van der Waals surface area contributed by atoms with Crippen molar-refractivity contribution in [3.8, 4) is 0 Å². The normalized spacial score (nSPS) is 12.3. The Bertz CT molecular complexity index is 1120. The van der Waals surface area contributed by atoms with Gasteiger partial charge in [-0.2, -0.15) is 0 Å². The molecule has 1 unspecified atom stereocenters. The molecule has 2 aromatic carbocycles. The molecule has 152 valence electrons. The Kier molecular flexibility index (Phi) is 6.29. The monoisotopic (exact) mass is 394 g/mol. The number of carbonyl (C=O) groups excluding carboxylic acids is 1. The SMILES string of the molecule is CCn1c(=O)[nH]c2cc(C(=O)NCC(Cc3ccccc3)N(C)C)ccc2c1=O. The topological polar surface area (TPSA) is 87.2 Å². The van der Waals surface area contributed by atoms with Gasteiger partial charge in [-0.3, -0.25) is 14.2 Å². The number of rotatable bonds is 7. The minimum atomic E-state index is -0.474. The van der Waals surface area contributed by atoms with Gasteiger partial charge in [0.1, 0.15) is 0 Å². The minimum Gasteiger partial charge on any atom is -0.350 e. The van der Waals surface area contributed by atoms with E-state index in [1.165, 1.54) is 5.56 Å². The van der Waals surface area contributed by atoms with E-state index in [1.807, 2.05) is 32.3 Å². The van der Waals surface area contributed by atoms with E-state index in [4.69, 9.17) is 0 Å². The van der Waals surface area contributed by atoms with Crippen molar-refractivity contribution in [2.45, 2.75) is 25.9 Å². The third kappa shape index (κ3) is 4.63. The molecule has 3 rings (SSSR count). The maximum atomic E-state index is 12.7. The lowest BCUT2D eigenvalue weighted by atomic mass is 10.0. The van der Waals surface area contributed by atoms with Crippen molar-refractivity contribution >= 4 is 16.8 Å². The predicted molar refractivity (Wildman–Crippen MR) is 114 cm³/mol. The predicted octanol–water partition coefficient (Wildman–Crippen LogP) is 1.61. The first-order valence-corrected chi connectivity index (χ1v) is 9.66. The van der Waals surface area contributed by atoms with Crippen molar-refractivity contribution in [1.29, 1.82) is 0 Å². The zero-order valence-corrected chi connectivity index (χ0v) is 16.9. The number of H-pyrrole nitrogens is 1. The molecule has 2 N–H and O–H groups in total. The summed E-state index contributed by atoms with van der Waals surface area (Å²) in [5.74, 6) is -0.243. The molecule has 7 nitrogen and oxygen atoms in total. The smallest absolute Gasteiger partial charge is 0.328 e. The standard InChI is InChI=1S/C22H26N4O3/c1-4-26-21(28)18-11-10-16(13-19(18)24-22(26)29)20(27)23-14-17(25(2)3)12-15-8-6-5-7-9-15/h5-11,13,17H,4,12,14H2,1-3H3,(H,23,27)(H,24,29). The summed E-state index contributed by atoms with van der Waals surface area (Å²) in [7, 11) is 3.97. The van der Waals surface area contributed by atoms with Crippen LogP contribution >= 0.6 is 0 Å². The summed E-state index contributed by atoms with van der Waals surface area (Å²) in [6.07, 6.45) is 0.815.